The first-order valence-electron chi connectivity index (χ1n) is 4.76. The van der Waals surface area contributed by atoms with Crippen LogP contribution in [0, 0.1) is 25.0 Å². The summed E-state index contributed by atoms with van der Waals surface area (Å²) in [5.41, 5.74) is 2.98. The van der Waals surface area contributed by atoms with Crippen LogP contribution in [0.25, 0.3) is 0 Å². The van der Waals surface area contributed by atoms with Gasteiger partial charge in [0.15, 0.2) is 0 Å². The highest BCUT2D eigenvalue weighted by Gasteiger charge is 1.87. The average molecular weight is 192 g/mol. The summed E-state index contributed by atoms with van der Waals surface area (Å²) in [5.74, 6) is 6.07. The van der Waals surface area contributed by atoms with Crippen LogP contribution in [0.2, 0.25) is 0 Å². The van der Waals surface area contributed by atoms with Crippen molar-refractivity contribution in [2.75, 3.05) is 0 Å². The van der Waals surface area contributed by atoms with Crippen molar-refractivity contribution < 1.29 is 0 Å². The zero-order chi connectivity index (χ0) is 10.5. The van der Waals surface area contributed by atoms with Crippen molar-refractivity contribution in [3.8, 4) is 11.8 Å². The Labute approximate surface area is 89.8 Å². The second-order valence-electron chi connectivity index (χ2n) is 3.27. The maximum Gasteiger partial charge on any atom is 0.114 e. The van der Waals surface area contributed by atoms with Gasteiger partial charge in [0.2, 0.25) is 0 Å². The molecule has 15 heavy (non-hydrogen) atoms. The molecular weight excluding hydrogens is 182 g/mol. The van der Waals surface area contributed by atoms with E-state index in [1.54, 1.807) is 6.07 Å². The summed E-state index contributed by atoms with van der Waals surface area (Å²) >= 11 is 0. The Morgan fingerprint density at radius 3 is 2.80 bits per heavy atom. The molecule has 2 rings (SSSR count). The van der Waals surface area contributed by atoms with Crippen molar-refractivity contribution in [2.45, 2.75) is 6.92 Å². The Morgan fingerprint density at radius 1 is 1.13 bits per heavy atom. The Bertz CT molecular complexity index is 504. The van der Waals surface area contributed by atoms with E-state index in [1.165, 1.54) is 5.56 Å². The van der Waals surface area contributed by atoms with E-state index in [4.69, 9.17) is 0 Å². The van der Waals surface area contributed by atoms with Gasteiger partial charge in [0.25, 0.3) is 0 Å². The van der Waals surface area contributed by atoms with Crippen molar-refractivity contribution in [1.82, 2.24) is 4.98 Å². The summed E-state index contributed by atoms with van der Waals surface area (Å²) in [6, 6.07) is 13.6. The van der Waals surface area contributed by atoms with Gasteiger partial charge in [-0.3, -0.25) is 0 Å². The SMILES string of the molecule is Cc1cccc(C#Cc2ccc[c]n2)c1. The molecule has 0 aliphatic rings. The van der Waals surface area contributed by atoms with Crippen LogP contribution in [-0.4, -0.2) is 4.98 Å². The van der Waals surface area contributed by atoms with E-state index in [9.17, 15) is 0 Å². The fraction of sp³-hybridized carbons (Fsp3) is 0.0714. The second kappa shape index (κ2) is 4.43. The second-order valence-corrected chi connectivity index (χ2v) is 3.27. The molecule has 0 aliphatic heterocycles. The van der Waals surface area contributed by atoms with Gasteiger partial charge in [-0.05, 0) is 42.7 Å². The Balaban J connectivity index is 2.26. The molecule has 1 nitrogen and oxygen atoms in total. The predicted octanol–water partition coefficient (Wildman–Crippen LogP) is 2.59. The summed E-state index contributed by atoms with van der Waals surface area (Å²) < 4.78 is 0. The highest BCUT2D eigenvalue weighted by Crippen LogP contribution is 2.02. The molecule has 1 heteroatoms. The minimum absolute atomic E-state index is 0.749. The van der Waals surface area contributed by atoms with E-state index < -0.39 is 0 Å². The van der Waals surface area contributed by atoms with Crippen LogP contribution in [0.3, 0.4) is 0 Å². The van der Waals surface area contributed by atoms with Crippen LogP contribution in [0.15, 0.2) is 42.5 Å². The first-order chi connectivity index (χ1) is 7.34. The molecule has 0 N–H and O–H groups in total. The lowest BCUT2D eigenvalue weighted by Crippen LogP contribution is -1.80. The fourth-order valence-corrected chi connectivity index (χ4v) is 1.26. The van der Waals surface area contributed by atoms with E-state index in [1.807, 2.05) is 24.3 Å². The number of rotatable bonds is 0. The van der Waals surface area contributed by atoms with Gasteiger partial charge in [-0.1, -0.05) is 24.1 Å². The average Bonchev–Trinajstić information content (AvgIpc) is 2.28. The van der Waals surface area contributed by atoms with Gasteiger partial charge in [0.1, 0.15) is 5.69 Å². The van der Waals surface area contributed by atoms with Crippen LogP contribution in [0.4, 0.5) is 0 Å². The fourth-order valence-electron chi connectivity index (χ4n) is 1.26. The molecule has 0 saturated carbocycles. The quantitative estimate of drug-likeness (QED) is 0.585. The van der Waals surface area contributed by atoms with Crippen molar-refractivity contribution in [3.05, 3.63) is 65.5 Å². The molecule has 0 aliphatic carbocycles. The van der Waals surface area contributed by atoms with Crippen molar-refractivity contribution >= 4 is 0 Å². The maximum atomic E-state index is 4.02. The van der Waals surface area contributed by atoms with Gasteiger partial charge in [-0.15, -0.1) is 0 Å². The first-order valence-corrected chi connectivity index (χ1v) is 4.76. The standard InChI is InChI=1S/C14H10N/c1-12-5-4-6-13(11-12)8-9-14-7-2-3-10-15-14/h2-7,11H,1H3. The lowest BCUT2D eigenvalue weighted by molar-refractivity contribution is 1.27. The number of pyridine rings is 1. The van der Waals surface area contributed by atoms with Crippen LogP contribution in [-0.2, 0) is 0 Å². The molecule has 0 saturated heterocycles. The Kier molecular flexibility index (Phi) is 2.80. The first kappa shape index (κ1) is 9.48. The van der Waals surface area contributed by atoms with Crippen LogP contribution in [0.5, 0.6) is 0 Å². The molecule has 1 aromatic heterocycles. The Hall–Kier alpha value is -2.07. The van der Waals surface area contributed by atoms with Gasteiger partial charge in [-0.2, -0.15) is 0 Å². The summed E-state index contributed by atoms with van der Waals surface area (Å²) in [6.07, 6.45) is 2.76. The molecule has 71 valence electrons. The highest BCUT2D eigenvalue weighted by atomic mass is 14.6. The summed E-state index contributed by atoms with van der Waals surface area (Å²) in [4.78, 5) is 4.02. The summed E-state index contributed by atoms with van der Waals surface area (Å²) in [7, 11) is 0. The lowest BCUT2D eigenvalue weighted by Gasteiger charge is -1.92. The van der Waals surface area contributed by atoms with Crippen LogP contribution >= 0.6 is 0 Å². The molecule has 0 atom stereocenters. The summed E-state index contributed by atoms with van der Waals surface area (Å²) in [5, 5.41) is 0. The molecule has 1 aromatic carbocycles. The van der Waals surface area contributed by atoms with E-state index >= 15 is 0 Å². The highest BCUT2D eigenvalue weighted by molar-refractivity contribution is 5.41. The van der Waals surface area contributed by atoms with Crippen molar-refractivity contribution in [1.29, 1.82) is 0 Å². The van der Waals surface area contributed by atoms with Crippen molar-refractivity contribution in [2.24, 2.45) is 0 Å². The molecule has 0 fully saturated rings. The number of nitrogens with zero attached hydrogens (tertiary/aromatic N) is 1. The van der Waals surface area contributed by atoms with E-state index in [2.05, 4.69) is 42.1 Å². The number of aryl methyl sites for hydroxylation is 1. The number of hydrogen-bond acceptors (Lipinski definition) is 1. The maximum absolute atomic E-state index is 4.02. The number of hydrogen-bond donors (Lipinski definition) is 0. The molecule has 0 amide bonds. The zero-order valence-electron chi connectivity index (χ0n) is 8.49. The van der Waals surface area contributed by atoms with Gasteiger partial charge in [0, 0.05) is 5.56 Å². The molecule has 2 aromatic rings. The minimum atomic E-state index is 0.749. The molecular formula is C14H10N. The molecule has 1 heterocycles. The minimum Gasteiger partial charge on any atom is -0.238 e. The number of benzene rings is 1. The van der Waals surface area contributed by atoms with E-state index in [0.29, 0.717) is 0 Å². The normalized spacial score (nSPS) is 9.13. The molecule has 1 radical (unpaired) electrons. The smallest absolute Gasteiger partial charge is 0.114 e. The molecule has 0 unspecified atom stereocenters. The monoisotopic (exact) mass is 192 g/mol. The molecule has 0 spiro atoms. The van der Waals surface area contributed by atoms with Crippen LogP contribution in [0.1, 0.15) is 16.8 Å². The largest absolute Gasteiger partial charge is 0.238 e. The van der Waals surface area contributed by atoms with Crippen molar-refractivity contribution in [3.63, 3.8) is 0 Å². The third-order valence-electron chi connectivity index (χ3n) is 1.96. The van der Waals surface area contributed by atoms with E-state index in [-0.39, 0.29) is 0 Å². The number of aromatic nitrogens is 1. The molecule has 0 bridgehead atoms. The Morgan fingerprint density at radius 2 is 2.07 bits per heavy atom. The topological polar surface area (TPSA) is 12.9 Å². The van der Waals surface area contributed by atoms with Gasteiger partial charge < -0.3 is 0 Å². The van der Waals surface area contributed by atoms with Crippen LogP contribution < -0.4 is 0 Å². The third-order valence-corrected chi connectivity index (χ3v) is 1.96. The third kappa shape index (κ3) is 2.69. The van der Waals surface area contributed by atoms with Gasteiger partial charge in [-0.25, -0.2) is 4.98 Å². The lowest BCUT2D eigenvalue weighted by atomic mass is 10.1. The predicted molar refractivity (Wildman–Crippen MR) is 60.2 cm³/mol. The van der Waals surface area contributed by atoms with Gasteiger partial charge in [0.05, 0.1) is 6.20 Å². The summed E-state index contributed by atoms with van der Waals surface area (Å²) in [6.45, 7) is 2.06. The van der Waals surface area contributed by atoms with Gasteiger partial charge >= 0.3 is 0 Å². The van der Waals surface area contributed by atoms with E-state index in [0.717, 1.165) is 11.3 Å². The zero-order valence-corrected chi connectivity index (χ0v) is 8.49.